The quantitative estimate of drug-likeness (QED) is 0.825. The average Bonchev–Trinajstić information content (AvgIpc) is 3.05. The van der Waals surface area contributed by atoms with E-state index in [2.05, 4.69) is 0 Å². The zero-order valence-corrected chi connectivity index (χ0v) is 16.7. The molecule has 25 heavy (non-hydrogen) atoms. The molecule has 3 rings (SSSR count). The van der Waals surface area contributed by atoms with E-state index in [0.29, 0.717) is 23.8 Å². The van der Waals surface area contributed by atoms with Crippen LogP contribution in [-0.2, 0) is 21.2 Å². The Morgan fingerprint density at radius 1 is 1.16 bits per heavy atom. The van der Waals surface area contributed by atoms with Gasteiger partial charge in [-0.05, 0) is 37.8 Å². The number of nitrogens with two attached hydrogens (primary N) is 1. The number of hydrogen-bond acceptors (Lipinski definition) is 5. The largest absolute Gasteiger partial charge is 0.341 e. The maximum absolute atomic E-state index is 12.7. The zero-order valence-electron chi connectivity index (χ0n) is 14.2. The monoisotopic (exact) mass is 407 g/mol. The molecule has 1 unspecified atom stereocenters. The van der Waals surface area contributed by atoms with Crippen LogP contribution in [0.25, 0.3) is 0 Å². The smallest absolute Gasteiger partial charge is 0.252 e. The first-order valence-corrected chi connectivity index (χ1v) is 10.8. The topological polar surface area (TPSA) is 83.7 Å². The Labute approximate surface area is 159 Å². The van der Waals surface area contributed by atoms with Gasteiger partial charge in [-0.15, -0.1) is 23.7 Å². The highest BCUT2D eigenvalue weighted by molar-refractivity contribution is 7.91. The Hall–Kier alpha value is -0.670. The van der Waals surface area contributed by atoms with E-state index in [4.69, 9.17) is 5.73 Å². The van der Waals surface area contributed by atoms with Crippen molar-refractivity contribution < 1.29 is 13.2 Å². The molecule has 0 saturated carbocycles. The number of carbonyl (C=O) groups is 1. The summed E-state index contributed by atoms with van der Waals surface area (Å²) in [5.41, 5.74) is 5.92. The van der Waals surface area contributed by atoms with Gasteiger partial charge in [-0.3, -0.25) is 4.79 Å². The second kappa shape index (κ2) is 8.81. The molecule has 2 fully saturated rings. The van der Waals surface area contributed by atoms with Crippen LogP contribution in [0.4, 0.5) is 0 Å². The minimum absolute atomic E-state index is 0. The van der Waals surface area contributed by atoms with Gasteiger partial charge < -0.3 is 10.6 Å². The molecule has 2 N–H and O–H groups in total. The predicted molar refractivity (Wildman–Crippen MR) is 102 cm³/mol. The van der Waals surface area contributed by atoms with Gasteiger partial charge in [0, 0.05) is 37.1 Å². The lowest BCUT2D eigenvalue weighted by atomic mass is 10.1. The molecule has 2 saturated heterocycles. The lowest BCUT2D eigenvalue weighted by Gasteiger charge is -2.30. The van der Waals surface area contributed by atoms with Crippen molar-refractivity contribution in [1.29, 1.82) is 0 Å². The number of hydrogen-bond donors (Lipinski definition) is 1. The van der Waals surface area contributed by atoms with Crippen LogP contribution in [0.2, 0.25) is 0 Å². The maximum Gasteiger partial charge on any atom is 0.252 e. The van der Waals surface area contributed by atoms with E-state index in [9.17, 15) is 13.2 Å². The number of nitrogens with zero attached hydrogens (tertiary/aromatic N) is 2. The molecule has 0 aliphatic carbocycles. The lowest BCUT2D eigenvalue weighted by molar-refractivity contribution is -0.131. The summed E-state index contributed by atoms with van der Waals surface area (Å²) in [6, 6.07) is 3.46. The van der Waals surface area contributed by atoms with Crippen LogP contribution in [0.5, 0.6) is 0 Å². The van der Waals surface area contributed by atoms with Crippen LogP contribution in [0.1, 0.15) is 37.0 Å². The highest BCUT2D eigenvalue weighted by atomic mass is 35.5. The SMILES string of the molecule is Cl.NC1CCCN(C(=O)Cc2ccc(S(=O)(=O)N3CCCCC3)s2)C1. The van der Waals surface area contributed by atoms with Crippen LogP contribution in [-0.4, -0.2) is 55.8 Å². The van der Waals surface area contributed by atoms with Crippen LogP contribution in [0.15, 0.2) is 16.3 Å². The molecule has 1 amide bonds. The van der Waals surface area contributed by atoms with E-state index in [1.165, 1.54) is 11.3 Å². The molecule has 9 heteroatoms. The standard InChI is InChI=1S/C16H25N3O3S2.ClH/c17-13-5-4-8-18(12-13)15(20)11-14-6-7-16(23-14)24(21,22)19-9-2-1-3-10-19;/h6-7,13H,1-5,8-12,17H2;1H. The number of piperidine rings is 2. The minimum atomic E-state index is -3.40. The number of rotatable bonds is 4. The number of thiophene rings is 1. The average molecular weight is 408 g/mol. The summed E-state index contributed by atoms with van der Waals surface area (Å²) in [6.07, 6.45) is 5.09. The van der Waals surface area contributed by atoms with E-state index in [1.807, 2.05) is 0 Å². The molecular weight excluding hydrogens is 382 g/mol. The van der Waals surface area contributed by atoms with E-state index in [1.54, 1.807) is 21.3 Å². The number of halogens is 1. The molecule has 6 nitrogen and oxygen atoms in total. The maximum atomic E-state index is 12.7. The fourth-order valence-electron chi connectivity index (χ4n) is 3.32. The molecular formula is C16H26ClN3O3S2. The predicted octanol–water partition coefficient (Wildman–Crippen LogP) is 1.84. The zero-order chi connectivity index (χ0) is 17.2. The molecule has 2 aliphatic rings. The van der Waals surface area contributed by atoms with Gasteiger partial charge in [-0.25, -0.2) is 8.42 Å². The highest BCUT2D eigenvalue weighted by Gasteiger charge is 2.28. The summed E-state index contributed by atoms with van der Waals surface area (Å²) in [5.74, 6) is 0.0360. The summed E-state index contributed by atoms with van der Waals surface area (Å²) >= 11 is 1.22. The van der Waals surface area contributed by atoms with Crippen molar-refractivity contribution in [2.24, 2.45) is 5.73 Å². The molecule has 142 valence electrons. The van der Waals surface area contributed by atoms with Crippen molar-refractivity contribution in [3.05, 3.63) is 17.0 Å². The summed E-state index contributed by atoms with van der Waals surface area (Å²) in [7, 11) is -3.40. The molecule has 1 aromatic heterocycles. The van der Waals surface area contributed by atoms with Crippen molar-refractivity contribution >= 4 is 39.7 Å². The molecule has 0 bridgehead atoms. The Morgan fingerprint density at radius 2 is 1.88 bits per heavy atom. The number of sulfonamides is 1. The van der Waals surface area contributed by atoms with E-state index in [0.717, 1.165) is 43.5 Å². The second-order valence-electron chi connectivity index (χ2n) is 6.60. The number of likely N-dealkylation sites (tertiary alicyclic amines) is 1. The third-order valence-corrected chi connectivity index (χ3v) is 8.13. The van der Waals surface area contributed by atoms with Gasteiger partial charge in [0.1, 0.15) is 4.21 Å². The fraction of sp³-hybridized carbons (Fsp3) is 0.688. The van der Waals surface area contributed by atoms with E-state index >= 15 is 0 Å². The second-order valence-corrected chi connectivity index (χ2v) is 9.94. The van der Waals surface area contributed by atoms with Gasteiger partial charge in [-0.1, -0.05) is 6.42 Å². The molecule has 0 spiro atoms. The van der Waals surface area contributed by atoms with E-state index < -0.39 is 10.0 Å². The summed E-state index contributed by atoms with van der Waals surface area (Å²) < 4.78 is 27.2. The Kier molecular flexibility index (Phi) is 7.28. The van der Waals surface area contributed by atoms with Crippen molar-refractivity contribution in [3.63, 3.8) is 0 Å². The fourth-order valence-corrected chi connectivity index (χ4v) is 6.34. The summed E-state index contributed by atoms with van der Waals surface area (Å²) in [5, 5.41) is 0. The molecule has 0 aromatic carbocycles. The van der Waals surface area contributed by atoms with Crippen molar-refractivity contribution in [1.82, 2.24) is 9.21 Å². The Morgan fingerprint density at radius 3 is 2.56 bits per heavy atom. The molecule has 2 aliphatic heterocycles. The van der Waals surface area contributed by atoms with Gasteiger partial charge in [0.15, 0.2) is 0 Å². The first-order valence-electron chi connectivity index (χ1n) is 8.59. The van der Waals surface area contributed by atoms with Gasteiger partial charge in [-0.2, -0.15) is 4.31 Å². The lowest BCUT2D eigenvalue weighted by Crippen LogP contribution is -2.46. The number of carbonyl (C=O) groups excluding carboxylic acids is 1. The first kappa shape index (κ1) is 20.6. The third kappa shape index (κ3) is 4.95. The van der Waals surface area contributed by atoms with Crippen molar-refractivity contribution in [2.45, 2.75) is 48.8 Å². The normalized spacial score (nSPS) is 22.4. The van der Waals surface area contributed by atoms with Crippen molar-refractivity contribution in [2.75, 3.05) is 26.2 Å². The van der Waals surface area contributed by atoms with Crippen LogP contribution in [0.3, 0.4) is 0 Å². The molecule has 0 radical (unpaired) electrons. The van der Waals surface area contributed by atoms with Crippen molar-refractivity contribution in [3.8, 4) is 0 Å². The minimum Gasteiger partial charge on any atom is -0.341 e. The highest BCUT2D eigenvalue weighted by Crippen LogP contribution is 2.27. The third-order valence-electron chi connectivity index (χ3n) is 4.68. The van der Waals surface area contributed by atoms with Gasteiger partial charge in [0.25, 0.3) is 10.0 Å². The van der Waals surface area contributed by atoms with Gasteiger partial charge >= 0.3 is 0 Å². The molecule has 3 heterocycles. The first-order chi connectivity index (χ1) is 11.5. The summed E-state index contributed by atoms with van der Waals surface area (Å²) in [6.45, 7) is 2.54. The molecule has 1 aromatic rings. The van der Waals surface area contributed by atoms with Crippen LogP contribution < -0.4 is 5.73 Å². The van der Waals surface area contributed by atoms with E-state index in [-0.39, 0.29) is 30.8 Å². The van der Waals surface area contributed by atoms with Gasteiger partial charge in [0.05, 0.1) is 6.42 Å². The molecule has 1 atom stereocenters. The Balaban J connectivity index is 0.00000225. The Bertz CT molecular complexity index is 687. The summed E-state index contributed by atoms with van der Waals surface area (Å²) in [4.78, 5) is 15.0. The van der Waals surface area contributed by atoms with Gasteiger partial charge in [0.2, 0.25) is 5.91 Å². The van der Waals surface area contributed by atoms with Crippen LogP contribution >= 0.6 is 23.7 Å². The van der Waals surface area contributed by atoms with Crippen LogP contribution in [0, 0.1) is 0 Å². The number of amides is 1.